The lowest BCUT2D eigenvalue weighted by Crippen LogP contribution is -2.08. The van der Waals surface area contributed by atoms with Crippen LogP contribution in [0.25, 0.3) is 0 Å². The molecule has 0 amide bonds. The van der Waals surface area contributed by atoms with Crippen LogP contribution in [0.2, 0.25) is 0 Å². The number of carboxylic acid groups (broad SMARTS) is 1. The summed E-state index contributed by atoms with van der Waals surface area (Å²) in [5.41, 5.74) is 0.831. The molecule has 1 atom stereocenters. The first-order valence-corrected chi connectivity index (χ1v) is 4.85. The Morgan fingerprint density at radius 2 is 2.50 bits per heavy atom. The molecular weight excluding hydrogens is 194 g/mol. The lowest BCUT2D eigenvalue weighted by Gasteiger charge is -2.00. The number of aromatic nitrogens is 1. The smallest absolute Gasteiger partial charge is 0.312 e. The molecule has 1 aliphatic rings. The van der Waals surface area contributed by atoms with Crippen molar-refractivity contribution in [3.63, 3.8) is 0 Å². The number of fused-ring (bicyclic) bond motifs is 1. The van der Waals surface area contributed by atoms with Gasteiger partial charge in [-0.25, -0.2) is 0 Å². The van der Waals surface area contributed by atoms with Gasteiger partial charge in [0.15, 0.2) is 3.95 Å². The molecule has 0 fully saturated rings. The van der Waals surface area contributed by atoms with E-state index in [2.05, 4.69) is 4.98 Å². The van der Waals surface area contributed by atoms with Crippen LogP contribution in [-0.4, -0.2) is 16.1 Å². The van der Waals surface area contributed by atoms with Gasteiger partial charge in [0, 0.05) is 10.6 Å². The van der Waals surface area contributed by atoms with Gasteiger partial charge < -0.3 is 10.1 Å². The van der Waals surface area contributed by atoms with Gasteiger partial charge in [-0.15, -0.1) is 11.3 Å². The third-order valence-electron chi connectivity index (χ3n) is 2.06. The molecular formula is C7H7NO2S2. The maximum absolute atomic E-state index is 10.7. The Morgan fingerprint density at radius 1 is 1.75 bits per heavy atom. The van der Waals surface area contributed by atoms with Gasteiger partial charge in [-0.1, -0.05) is 0 Å². The number of carboxylic acids is 1. The minimum atomic E-state index is -0.752. The van der Waals surface area contributed by atoms with Gasteiger partial charge in [0.1, 0.15) is 0 Å². The molecule has 0 saturated heterocycles. The SMILES string of the molecule is O=C(O)C1CCc2sc(=S)[nH]c21. The van der Waals surface area contributed by atoms with Crippen LogP contribution in [0.15, 0.2) is 0 Å². The number of aromatic amines is 1. The summed E-state index contributed by atoms with van der Waals surface area (Å²) in [6.45, 7) is 0. The minimum absolute atomic E-state index is 0.354. The van der Waals surface area contributed by atoms with Gasteiger partial charge in [0.25, 0.3) is 0 Å². The molecule has 0 radical (unpaired) electrons. The second-order valence-electron chi connectivity index (χ2n) is 2.78. The number of nitrogens with one attached hydrogen (secondary N) is 1. The Morgan fingerprint density at radius 3 is 3.17 bits per heavy atom. The normalized spacial score (nSPS) is 20.8. The van der Waals surface area contributed by atoms with E-state index in [1.165, 1.54) is 11.3 Å². The zero-order chi connectivity index (χ0) is 8.72. The molecule has 3 nitrogen and oxygen atoms in total. The summed E-state index contributed by atoms with van der Waals surface area (Å²) in [4.78, 5) is 14.8. The van der Waals surface area contributed by atoms with E-state index in [4.69, 9.17) is 17.3 Å². The fourth-order valence-electron chi connectivity index (χ4n) is 1.51. The Hall–Kier alpha value is -0.680. The van der Waals surface area contributed by atoms with Crippen molar-refractivity contribution < 1.29 is 9.90 Å². The average molecular weight is 201 g/mol. The molecule has 0 aliphatic heterocycles. The van der Waals surface area contributed by atoms with Crippen molar-refractivity contribution in [2.45, 2.75) is 18.8 Å². The fourth-order valence-corrected chi connectivity index (χ4v) is 2.83. The second-order valence-corrected chi connectivity index (χ2v) is 4.55. The average Bonchev–Trinajstić information content (AvgIpc) is 2.43. The van der Waals surface area contributed by atoms with Gasteiger partial charge in [-0.3, -0.25) is 4.79 Å². The molecule has 0 saturated carbocycles. The maximum atomic E-state index is 10.7. The van der Waals surface area contributed by atoms with E-state index in [-0.39, 0.29) is 5.92 Å². The summed E-state index contributed by atoms with van der Waals surface area (Å²) in [6, 6.07) is 0. The third kappa shape index (κ3) is 1.09. The Balaban J connectivity index is 2.47. The molecule has 64 valence electrons. The number of hydrogen-bond acceptors (Lipinski definition) is 3. The lowest BCUT2D eigenvalue weighted by atomic mass is 10.1. The van der Waals surface area contributed by atoms with Crippen molar-refractivity contribution in [2.24, 2.45) is 0 Å². The number of thiazole rings is 1. The van der Waals surface area contributed by atoms with Crippen LogP contribution in [0, 0.1) is 3.95 Å². The third-order valence-corrected chi connectivity index (χ3v) is 3.37. The molecule has 2 rings (SSSR count). The van der Waals surface area contributed by atoms with Gasteiger partial charge in [0.2, 0.25) is 0 Å². The van der Waals surface area contributed by atoms with Crippen LogP contribution in [0.5, 0.6) is 0 Å². The molecule has 0 bridgehead atoms. The monoisotopic (exact) mass is 201 g/mol. The zero-order valence-electron chi connectivity index (χ0n) is 6.16. The summed E-state index contributed by atoms with van der Waals surface area (Å²) in [6.07, 6.45) is 1.56. The first-order chi connectivity index (χ1) is 5.68. The topological polar surface area (TPSA) is 53.1 Å². The van der Waals surface area contributed by atoms with E-state index < -0.39 is 5.97 Å². The first-order valence-electron chi connectivity index (χ1n) is 3.63. The summed E-state index contributed by atoms with van der Waals surface area (Å²) in [7, 11) is 0. The molecule has 1 unspecified atom stereocenters. The van der Waals surface area contributed by atoms with Crippen LogP contribution in [0.3, 0.4) is 0 Å². The van der Waals surface area contributed by atoms with Crippen LogP contribution in [0.4, 0.5) is 0 Å². The van der Waals surface area contributed by atoms with Crippen LogP contribution >= 0.6 is 23.6 Å². The fraction of sp³-hybridized carbons (Fsp3) is 0.429. The highest BCUT2D eigenvalue weighted by Crippen LogP contribution is 2.35. The molecule has 2 N–H and O–H groups in total. The number of aryl methyl sites for hydroxylation is 1. The standard InChI is InChI=1S/C7H7NO2S2/c9-6(10)3-1-2-4-5(3)8-7(11)12-4/h3H,1-2H2,(H,8,11)(H,9,10). The van der Waals surface area contributed by atoms with Crippen molar-refractivity contribution in [2.75, 3.05) is 0 Å². The molecule has 0 spiro atoms. The van der Waals surface area contributed by atoms with Crippen LogP contribution < -0.4 is 0 Å². The Labute approximate surface area is 78.1 Å². The van der Waals surface area contributed by atoms with Crippen LogP contribution in [-0.2, 0) is 11.2 Å². The van der Waals surface area contributed by atoms with Gasteiger partial charge >= 0.3 is 5.97 Å². The maximum Gasteiger partial charge on any atom is 0.312 e. The van der Waals surface area contributed by atoms with E-state index in [0.29, 0.717) is 10.4 Å². The molecule has 5 heteroatoms. The largest absolute Gasteiger partial charge is 0.481 e. The molecule has 1 heterocycles. The van der Waals surface area contributed by atoms with Crippen molar-refractivity contribution in [3.8, 4) is 0 Å². The number of H-pyrrole nitrogens is 1. The number of aliphatic carboxylic acids is 1. The van der Waals surface area contributed by atoms with E-state index in [0.717, 1.165) is 17.0 Å². The number of hydrogen-bond donors (Lipinski definition) is 2. The van der Waals surface area contributed by atoms with Gasteiger partial charge in [-0.05, 0) is 25.1 Å². The van der Waals surface area contributed by atoms with Crippen molar-refractivity contribution in [3.05, 3.63) is 14.5 Å². The van der Waals surface area contributed by atoms with Crippen LogP contribution in [0.1, 0.15) is 22.9 Å². The highest BCUT2D eigenvalue weighted by Gasteiger charge is 2.30. The zero-order valence-corrected chi connectivity index (χ0v) is 7.80. The molecule has 1 aliphatic carbocycles. The predicted octanol–water partition coefficient (Wildman–Crippen LogP) is 1.92. The summed E-state index contributed by atoms with van der Waals surface area (Å²) >= 11 is 6.42. The molecule has 1 aromatic rings. The van der Waals surface area contributed by atoms with E-state index >= 15 is 0 Å². The number of rotatable bonds is 1. The van der Waals surface area contributed by atoms with Crippen molar-refractivity contribution in [1.82, 2.24) is 4.98 Å². The number of carbonyl (C=O) groups is 1. The highest BCUT2D eigenvalue weighted by molar-refractivity contribution is 7.73. The predicted molar refractivity (Wildman–Crippen MR) is 48.2 cm³/mol. The molecule has 1 aromatic heterocycles. The van der Waals surface area contributed by atoms with Gasteiger partial charge in [0.05, 0.1) is 5.92 Å². The first kappa shape index (κ1) is 7.94. The highest BCUT2D eigenvalue weighted by atomic mass is 32.1. The van der Waals surface area contributed by atoms with Crippen molar-refractivity contribution >= 4 is 29.5 Å². The molecule has 0 aromatic carbocycles. The summed E-state index contributed by atoms with van der Waals surface area (Å²) in [5.74, 6) is -1.11. The van der Waals surface area contributed by atoms with E-state index in [1.54, 1.807) is 0 Å². The second kappa shape index (κ2) is 2.67. The lowest BCUT2D eigenvalue weighted by molar-refractivity contribution is -0.138. The van der Waals surface area contributed by atoms with Crippen molar-refractivity contribution in [1.29, 1.82) is 0 Å². The summed E-state index contributed by atoms with van der Waals surface area (Å²) < 4.78 is 0.686. The molecule has 12 heavy (non-hydrogen) atoms. The van der Waals surface area contributed by atoms with E-state index in [9.17, 15) is 4.79 Å². The van der Waals surface area contributed by atoms with E-state index in [1.807, 2.05) is 0 Å². The van der Waals surface area contributed by atoms with Gasteiger partial charge in [-0.2, -0.15) is 0 Å². The Kier molecular flexibility index (Phi) is 1.77. The Bertz CT molecular complexity index is 379. The quantitative estimate of drug-likeness (QED) is 0.682. The minimum Gasteiger partial charge on any atom is -0.481 e. The summed E-state index contributed by atoms with van der Waals surface area (Å²) in [5, 5.41) is 8.82.